The molecule has 0 aromatic heterocycles. The van der Waals surface area contributed by atoms with Crippen LogP contribution in [0, 0.1) is 0 Å². The Kier molecular flexibility index (Phi) is 9.76. The van der Waals surface area contributed by atoms with Gasteiger partial charge >= 0.3 is 0 Å². The van der Waals surface area contributed by atoms with Gasteiger partial charge in [0.2, 0.25) is 0 Å². The maximum absolute atomic E-state index is 13.3. The molecule has 0 radical (unpaired) electrons. The van der Waals surface area contributed by atoms with Crippen molar-refractivity contribution in [2.45, 2.75) is 26.5 Å². The van der Waals surface area contributed by atoms with E-state index in [2.05, 4.69) is 4.90 Å². The summed E-state index contributed by atoms with van der Waals surface area (Å²) in [5, 5.41) is 11.4. The number of ether oxygens (including phenoxy) is 2. The van der Waals surface area contributed by atoms with Crippen LogP contribution in [0.25, 0.3) is 5.76 Å². The number of nitrogens with zero attached hydrogens (tertiary/aromatic N) is 2. The highest BCUT2D eigenvalue weighted by Gasteiger charge is 2.46. The summed E-state index contributed by atoms with van der Waals surface area (Å²) in [6.45, 7) is 6.67. The van der Waals surface area contributed by atoms with Crippen molar-refractivity contribution in [2.75, 3.05) is 32.8 Å². The maximum Gasteiger partial charge on any atom is 0.295 e. The Balaban J connectivity index is 1.64. The molecule has 214 valence electrons. The van der Waals surface area contributed by atoms with Gasteiger partial charge in [0.1, 0.15) is 23.9 Å². The average molecular weight is 558 g/mol. The quantitative estimate of drug-likeness (QED) is 0.186. The van der Waals surface area contributed by atoms with Crippen LogP contribution in [-0.4, -0.2) is 65.3 Å². The van der Waals surface area contributed by atoms with E-state index in [9.17, 15) is 19.5 Å². The summed E-state index contributed by atoms with van der Waals surface area (Å²) in [5.74, 6) is -1.25. The van der Waals surface area contributed by atoms with Crippen LogP contribution in [0.1, 0.15) is 36.6 Å². The Morgan fingerprint density at radius 2 is 1.51 bits per heavy atom. The molecular weight excluding hydrogens is 522 g/mol. The van der Waals surface area contributed by atoms with E-state index in [-0.39, 0.29) is 17.9 Å². The molecule has 4 rings (SSSR count). The first-order chi connectivity index (χ1) is 19.8. The Bertz CT molecular complexity index is 1380. The third-order valence-electron chi connectivity index (χ3n) is 7.04. The number of carbonyl (C=O) groups excluding carboxylic acids is 3. The summed E-state index contributed by atoms with van der Waals surface area (Å²) in [6, 6.07) is 22.4. The zero-order valence-corrected chi connectivity index (χ0v) is 23.3. The molecule has 1 unspecified atom stereocenters. The second-order valence-electron chi connectivity index (χ2n) is 9.64. The monoisotopic (exact) mass is 557 g/mol. The van der Waals surface area contributed by atoms with Gasteiger partial charge in [-0.25, -0.2) is 0 Å². The van der Waals surface area contributed by atoms with Gasteiger partial charge in [-0.2, -0.15) is 0 Å². The number of benzene rings is 3. The summed E-state index contributed by atoms with van der Waals surface area (Å²) in [7, 11) is 0. The number of aliphatic hydroxyl groups excluding tert-OH is 1. The summed E-state index contributed by atoms with van der Waals surface area (Å²) in [5.41, 5.74) is 7.22. The second-order valence-corrected chi connectivity index (χ2v) is 9.64. The normalized spacial score (nSPS) is 16.3. The lowest BCUT2D eigenvalue weighted by Gasteiger charge is -2.28. The van der Waals surface area contributed by atoms with Crippen LogP contribution in [0.4, 0.5) is 0 Å². The standard InChI is InChI=1S/C32H35N3O6/c1-3-34(4-2)18-19-35-29(23-10-14-26(15-11-23)41-21-27(33)36)28(31(38)32(35)39)30(37)24-12-16-25(17-13-24)40-20-22-8-6-5-7-9-22/h5-17,29,37H,3-4,18-21H2,1-2H3,(H2,33,36). The van der Waals surface area contributed by atoms with Crippen LogP contribution < -0.4 is 15.2 Å². The van der Waals surface area contributed by atoms with Crippen LogP contribution in [0.15, 0.2) is 84.4 Å². The second kappa shape index (κ2) is 13.6. The molecule has 1 aliphatic rings. The van der Waals surface area contributed by atoms with Gasteiger partial charge in [0.05, 0.1) is 11.6 Å². The molecule has 0 bridgehead atoms. The molecule has 1 heterocycles. The number of nitrogens with two attached hydrogens (primary N) is 1. The van der Waals surface area contributed by atoms with Crippen LogP contribution in [0.2, 0.25) is 0 Å². The first-order valence-corrected chi connectivity index (χ1v) is 13.6. The number of likely N-dealkylation sites (N-methyl/N-ethyl adjacent to an activating group) is 1. The summed E-state index contributed by atoms with van der Waals surface area (Å²) in [6.07, 6.45) is 0. The molecule has 0 aliphatic carbocycles. The third kappa shape index (κ3) is 7.12. The Labute approximate surface area is 239 Å². The van der Waals surface area contributed by atoms with Crippen molar-refractivity contribution in [1.29, 1.82) is 0 Å². The van der Waals surface area contributed by atoms with E-state index in [1.807, 2.05) is 44.2 Å². The highest BCUT2D eigenvalue weighted by Crippen LogP contribution is 2.40. The number of amides is 2. The lowest BCUT2D eigenvalue weighted by atomic mass is 9.95. The van der Waals surface area contributed by atoms with Crippen molar-refractivity contribution in [3.63, 3.8) is 0 Å². The first-order valence-electron chi connectivity index (χ1n) is 13.6. The molecule has 3 aromatic rings. The Morgan fingerprint density at radius 3 is 2.12 bits per heavy atom. The molecule has 0 spiro atoms. The molecule has 9 nitrogen and oxygen atoms in total. The number of ketones is 1. The maximum atomic E-state index is 13.3. The fourth-order valence-corrected chi connectivity index (χ4v) is 4.75. The van der Waals surface area contributed by atoms with Gasteiger partial charge in [-0.05, 0) is 60.6 Å². The predicted molar refractivity (Wildman–Crippen MR) is 155 cm³/mol. The average Bonchev–Trinajstić information content (AvgIpc) is 3.25. The number of aliphatic hydroxyl groups is 1. The number of likely N-dealkylation sites (tertiary alicyclic amines) is 1. The molecule has 3 aromatic carbocycles. The van der Waals surface area contributed by atoms with E-state index in [1.54, 1.807) is 48.5 Å². The number of hydrogen-bond acceptors (Lipinski definition) is 7. The van der Waals surface area contributed by atoms with Gasteiger partial charge in [-0.15, -0.1) is 0 Å². The van der Waals surface area contributed by atoms with Gasteiger partial charge in [-0.1, -0.05) is 56.3 Å². The van der Waals surface area contributed by atoms with E-state index in [1.165, 1.54) is 4.90 Å². The highest BCUT2D eigenvalue weighted by atomic mass is 16.5. The molecule has 1 aliphatic heterocycles. The molecule has 0 saturated carbocycles. The lowest BCUT2D eigenvalue weighted by molar-refractivity contribution is -0.140. The van der Waals surface area contributed by atoms with E-state index < -0.39 is 23.6 Å². The largest absolute Gasteiger partial charge is 0.507 e. The molecule has 1 saturated heterocycles. The summed E-state index contributed by atoms with van der Waals surface area (Å²) < 4.78 is 11.2. The zero-order valence-electron chi connectivity index (χ0n) is 23.3. The SMILES string of the molecule is CCN(CC)CCN1C(=O)C(=O)C(=C(O)c2ccc(OCc3ccccc3)cc2)C1c1ccc(OCC(N)=O)cc1. The molecule has 41 heavy (non-hydrogen) atoms. The minimum Gasteiger partial charge on any atom is -0.507 e. The van der Waals surface area contributed by atoms with Crippen molar-refractivity contribution in [3.8, 4) is 11.5 Å². The van der Waals surface area contributed by atoms with Gasteiger partial charge in [0.15, 0.2) is 6.61 Å². The Hall–Kier alpha value is -4.63. The van der Waals surface area contributed by atoms with Gasteiger partial charge in [0.25, 0.3) is 17.6 Å². The van der Waals surface area contributed by atoms with Crippen molar-refractivity contribution in [2.24, 2.45) is 5.73 Å². The molecule has 2 amide bonds. The van der Waals surface area contributed by atoms with Crippen LogP contribution in [0.5, 0.6) is 11.5 Å². The van der Waals surface area contributed by atoms with Gasteiger partial charge in [-0.3, -0.25) is 14.4 Å². The molecule has 1 atom stereocenters. The summed E-state index contributed by atoms with van der Waals surface area (Å²) >= 11 is 0. The molecular formula is C32H35N3O6. The minimum atomic E-state index is -0.801. The number of Topliss-reactive ketones (excluding diaryl/α,β-unsaturated/α-hetero) is 1. The van der Waals surface area contributed by atoms with Crippen LogP contribution in [0.3, 0.4) is 0 Å². The van der Waals surface area contributed by atoms with Crippen molar-refractivity contribution in [1.82, 2.24) is 9.80 Å². The van der Waals surface area contributed by atoms with Crippen molar-refractivity contribution < 1.29 is 29.0 Å². The molecule has 1 fully saturated rings. The third-order valence-corrected chi connectivity index (χ3v) is 7.04. The van der Waals surface area contributed by atoms with E-state index in [0.29, 0.717) is 42.3 Å². The summed E-state index contributed by atoms with van der Waals surface area (Å²) in [4.78, 5) is 41.4. The predicted octanol–water partition coefficient (Wildman–Crippen LogP) is 3.89. The highest BCUT2D eigenvalue weighted by molar-refractivity contribution is 6.46. The zero-order chi connectivity index (χ0) is 29.4. The fourth-order valence-electron chi connectivity index (χ4n) is 4.75. The van der Waals surface area contributed by atoms with Crippen molar-refractivity contribution in [3.05, 3.63) is 101 Å². The van der Waals surface area contributed by atoms with Gasteiger partial charge in [0, 0.05) is 18.7 Å². The minimum absolute atomic E-state index is 0.0123. The molecule has 3 N–H and O–H groups in total. The number of primary amides is 1. The fraction of sp³-hybridized carbons (Fsp3) is 0.281. The molecule has 9 heteroatoms. The number of carbonyl (C=O) groups is 3. The smallest absolute Gasteiger partial charge is 0.295 e. The Morgan fingerprint density at radius 1 is 0.902 bits per heavy atom. The van der Waals surface area contributed by atoms with E-state index in [0.717, 1.165) is 18.7 Å². The number of hydrogen-bond donors (Lipinski definition) is 2. The van der Waals surface area contributed by atoms with Crippen LogP contribution >= 0.6 is 0 Å². The first kappa shape index (κ1) is 29.4. The lowest BCUT2D eigenvalue weighted by Crippen LogP contribution is -2.38. The topological polar surface area (TPSA) is 122 Å². The van der Waals surface area contributed by atoms with E-state index in [4.69, 9.17) is 15.2 Å². The number of rotatable bonds is 13. The van der Waals surface area contributed by atoms with E-state index >= 15 is 0 Å². The van der Waals surface area contributed by atoms with Gasteiger partial charge < -0.3 is 30.1 Å². The van der Waals surface area contributed by atoms with Crippen LogP contribution in [-0.2, 0) is 21.0 Å². The van der Waals surface area contributed by atoms with Crippen molar-refractivity contribution >= 4 is 23.4 Å².